The third-order valence-corrected chi connectivity index (χ3v) is 5.22. The minimum absolute atomic E-state index is 0.309. The number of urea groups is 1. The van der Waals surface area contributed by atoms with Crippen LogP contribution in [0.25, 0.3) is 0 Å². The van der Waals surface area contributed by atoms with E-state index in [-0.39, 0.29) is 5.91 Å². The molecule has 29 heavy (non-hydrogen) atoms. The highest BCUT2D eigenvalue weighted by atomic mass is 35.5. The summed E-state index contributed by atoms with van der Waals surface area (Å²) in [4.78, 5) is 29.5. The SMILES string of the molecule is COc1ccc(C)cc1NC(=O)c1sc(NC(=O)Nc2cccc(Cl)c2)nc1C. The zero-order chi connectivity index (χ0) is 21.0. The molecule has 0 fully saturated rings. The van der Waals surface area contributed by atoms with Crippen molar-refractivity contribution < 1.29 is 14.3 Å². The number of rotatable bonds is 5. The summed E-state index contributed by atoms with van der Waals surface area (Å²) in [7, 11) is 1.54. The number of ether oxygens (including phenoxy) is 1. The van der Waals surface area contributed by atoms with Crippen LogP contribution in [0.2, 0.25) is 5.02 Å². The zero-order valence-corrected chi connectivity index (χ0v) is 17.6. The number of hydrogen-bond donors (Lipinski definition) is 3. The van der Waals surface area contributed by atoms with Crippen molar-refractivity contribution in [2.24, 2.45) is 0 Å². The fraction of sp³-hybridized carbons (Fsp3) is 0.150. The fourth-order valence-electron chi connectivity index (χ4n) is 2.58. The maximum atomic E-state index is 12.7. The van der Waals surface area contributed by atoms with Crippen molar-refractivity contribution in [2.75, 3.05) is 23.1 Å². The minimum Gasteiger partial charge on any atom is -0.495 e. The molecule has 3 amide bonds. The van der Waals surface area contributed by atoms with Crippen LogP contribution in [0.1, 0.15) is 20.9 Å². The smallest absolute Gasteiger partial charge is 0.325 e. The van der Waals surface area contributed by atoms with E-state index in [4.69, 9.17) is 16.3 Å². The number of amides is 3. The molecule has 9 heteroatoms. The number of thiazole rings is 1. The molecule has 2 aromatic carbocycles. The number of aromatic nitrogens is 1. The van der Waals surface area contributed by atoms with Gasteiger partial charge in [0.25, 0.3) is 5.91 Å². The van der Waals surface area contributed by atoms with Crippen LogP contribution >= 0.6 is 22.9 Å². The molecule has 0 aliphatic carbocycles. The molecule has 0 unspecified atom stereocenters. The lowest BCUT2D eigenvalue weighted by Crippen LogP contribution is -2.19. The second kappa shape index (κ2) is 8.93. The lowest BCUT2D eigenvalue weighted by atomic mass is 10.2. The van der Waals surface area contributed by atoms with E-state index < -0.39 is 6.03 Å². The number of benzene rings is 2. The summed E-state index contributed by atoms with van der Waals surface area (Å²) in [6.45, 7) is 3.63. The Hall–Kier alpha value is -3.10. The number of carbonyl (C=O) groups excluding carboxylic acids is 2. The summed E-state index contributed by atoms with van der Waals surface area (Å²) in [5.41, 5.74) is 2.62. The predicted molar refractivity (Wildman–Crippen MR) is 117 cm³/mol. The van der Waals surface area contributed by atoms with Crippen LogP contribution < -0.4 is 20.7 Å². The zero-order valence-electron chi connectivity index (χ0n) is 16.0. The molecule has 0 radical (unpaired) electrons. The van der Waals surface area contributed by atoms with Crippen LogP contribution in [0.5, 0.6) is 5.75 Å². The quantitative estimate of drug-likeness (QED) is 0.510. The lowest BCUT2D eigenvalue weighted by molar-refractivity contribution is 0.102. The predicted octanol–water partition coefficient (Wildman–Crippen LogP) is 5.32. The van der Waals surface area contributed by atoms with Crippen LogP contribution in [-0.4, -0.2) is 24.0 Å². The van der Waals surface area contributed by atoms with Gasteiger partial charge in [-0.2, -0.15) is 0 Å². The minimum atomic E-state index is -0.478. The summed E-state index contributed by atoms with van der Waals surface area (Å²) in [6.07, 6.45) is 0. The molecule has 3 aromatic rings. The first kappa shape index (κ1) is 20.6. The molecule has 3 rings (SSSR count). The Morgan fingerprint density at radius 2 is 1.86 bits per heavy atom. The van der Waals surface area contributed by atoms with E-state index in [1.807, 2.05) is 19.1 Å². The number of nitrogens with one attached hydrogen (secondary N) is 3. The van der Waals surface area contributed by atoms with E-state index in [0.717, 1.165) is 16.9 Å². The summed E-state index contributed by atoms with van der Waals surface area (Å²) in [6, 6.07) is 11.8. The van der Waals surface area contributed by atoms with Crippen molar-refractivity contribution in [1.29, 1.82) is 0 Å². The second-order valence-electron chi connectivity index (χ2n) is 6.18. The third-order valence-electron chi connectivity index (χ3n) is 3.91. The van der Waals surface area contributed by atoms with Gasteiger partial charge >= 0.3 is 6.03 Å². The van der Waals surface area contributed by atoms with Crippen LogP contribution in [0.15, 0.2) is 42.5 Å². The first-order chi connectivity index (χ1) is 13.9. The van der Waals surface area contributed by atoms with Gasteiger partial charge in [-0.25, -0.2) is 9.78 Å². The number of anilines is 3. The number of aryl methyl sites for hydroxylation is 2. The number of nitrogens with zero attached hydrogens (tertiary/aromatic N) is 1. The molecule has 0 aliphatic heterocycles. The first-order valence-electron chi connectivity index (χ1n) is 8.62. The number of hydrogen-bond acceptors (Lipinski definition) is 5. The average molecular weight is 431 g/mol. The van der Waals surface area contributed by atoms with Crippen molar-refractivity contribution >= 4 is 51.4 Å². The largest absolute Gasteiger partial charge is 0.495 e. The Morgan fingerprint density at radius 3 is 2.59 bits per heavy atom. The molecule has 0 saturated carbocycles. The standard InChI is InChI=1S/C20H19ClN4O3S/c1-11-7-8-16(28-3)15(9-11)24-18(26)17-12(2)22-20(29-17)25-19(27)23-14-6-4-5-13(21)10-14/h4-10H,1-3H3,(H,24,26)(H2,22,23,25,27). The molecular formula is C20H19ClN4O3S. The number of carbonyl (C=O) groups is 2. The molecule has 0 saturated heterocycles. The molecule has 3 N–H and O–H groups in total. The van der Waals surface area contributed by atoms with Crippen LogP contribution in [0.3, 0.4) is 0 Å². The molecule has 1 aromatic heterocycles. The van der Waals surface area contributed by atoms with Crippen molar-refractivity contribution in [3.8, 4) is 5.75 Å². The van der Waals surface area contributed by atoms with Crippen molar-refractivity contribution in [3.63, 3.8) is 0 Å². The maximum absolute atomic E-state index is 12.7. The lowest BCUT2D eigenvalue weighted by Gasteiger charge is -2.10. The highest BCUT2D eigenvalue weighted by molar-refractivity contribution is 7.17. The topological polar surface area (TPSA) is 92.4 Å². The Kier molecular flexibility index (Phi) is 6.36. The van der Waals surface area contributed by atoms with Crippen molar-refractivity contribution in [3.05, 3.63) is 63.6 Å². The average Bonchev–Trinajstić information content (AvgIpc) is 3.02. The first-order valence-corrected chi connectivity index (χ1v) is 9.82. The molecule has 0 aliphatic rings. The van der Waals surface area contributed by atoms with E-state index in [1.165, 1.54) is 0 Å². The highest BCUT2D eigenvalue weighted by Crippen LogP contribution is 2.28. The second-order valence-corrected chi connectivity index (χ2v) is 7.62. The van der Waals surface area contributed by atoms with Crippen molar-refractivity contribution in [1.82, 2.24) is 4.98 Å². The van der Waals surface area contributed by atoms with E-state index >= 15 is 0 Å². The normalized spacial score (nSPS) is 10.3. The van der Waals surface area contributed by atoms with E-state index in [0.29, 0.717) is 37.8 Å². The molecule has 150 valence electrons. The van der Waals surface area contributed by atoms with Gasteiger partial charge in [-0.15, -0.1) is 0 Å². The Bertz CT molecular complexity index is 1070. The molecular weight excluding hydrogens is 412 g/mol. The van der Waals surface area contributed by atoms with Gasteiger partial charge in [-0.3, -0.25) is 10.1 Å². The van der Waals surface area contributed by atoms with Gasteiger partial charge in [0.1, 0.15) is 10.6 Å². The van der Waals surface area contributed by atoms with Gasteiger partial charge in [0, 0.05) is 10.7 Å². The maximum Gasteiger partial charge on any atom is 0.325 e. The Balaban J connectivity index is 1.70. The van der Waals surface area contributed by atoms with E-state index in [9.17, 15) is 9.59 Å². The van der Waals surface area contributed by atoms with Crippen LogP contribution in [0, 0.1) is 13.8 Å². The summed E-state index contributed by atoms with van der Waals surface area (Å²) >= 11 is 6.99. The Morgan fingerprint density at radius 1 is 1.07 bits per heavy atom. The van der Waals surface area contributed by atoms with Crippen LogP contribution in [0.4, 0.5) is 21.3 Å². The number of halogens is 1. The van der Waals surface area contributed by atoms with Gasteiger partial charge in [-0.05, 0) is 49.7 Å². The van der Waals surface area contributed by atoms with Gasteiger partial charge in [0.15, 0.2) is 5.13 Å². The highest BCUT2D eigenvalue weighted by Gasteiger charge is 2.18. The Labute approximate surface area is 177 Å². The fourth-order valence-corrected chi connectivity index (χ4v) is 3.63. The monoisotopic (exact) mass is 430 g/mol. The summed E-state index contributed by atoms with van der Waals surface area (Å²) in [5, 5.41) is 8.95. The molecule has 0 atom stereocenters. The summed E-state index contributed by atoms with van der Waals surface area (Å²) < 4.78 is 5.29. The van der Waals surface area contributed by atoms with Crippen molar-refractivity contribution in [2.45, 2.75) is 13.8 Å². The summed E-state index contributed by atoms with van der Waals surface area (Å²) in [5.74, 6) is 0.234. The van der Waals surface area contributed by atoms with E-state index in [2.05, 4.69) is 20.9 Å². The van der Waals surface area contributed by atoms with Crippen LogP contribution in [-0.2, 0) is 0 Å². The molecule has 7 nitrogen and oxygen atoms in total. The van der Waals surface area contributed by atoms with E-state index in [1.54, 1.807) is 44.4 Å². The van der Waals surface area contributed by atoms with Gasteiger partial charge in [-0.1, -0.05) is 35.1 Å². The molecule has 1 heterocycles. The molecule has 0 bridgehead atoms. The number of methoxy groups -OCH3 is 1. The van der Waals surface area contributed by atoms with Gasteiger partial charge in [0.05, 0.1) is 18.5 Å². The third kappa shape index (κ3) is 5.24. The molecule has 0 spiro atoms. The van der Waals surface area contributed by atoms with Gasteiger partial charge in [0.2, 0.25) is 0 Å². The van der Waals surface area contributed by atoms with Gasteiger partial charge < -0.3 is 15.4 Å².